The standard InChI is InChI=1S/C10H18N2O3/c1-7-4-9(13)12(10(7)14)5-8(11-2)6-15-3/h7-8,11H,4-6H2,1-3H3. The first-order valence-corrected chi connectivity index (χ1v) is 5.10. The Hall–Kier alpha value is -0.940. The van der Waals surface area contributed by atoms with Gasteiger partial charge in [0.2, 0.25) is 11.8 Å². The maximum absolute atomic E-state index is 11.6. The fraction of sp³-hybridized carbons (Fsp3) is 0.800. The summed E-state index contributed by atoms with van der Waals surface area (Å²) >= 11 is 0. The van der Waals surface area contributed by atoms with Gasteiger partial charge in [-0.05, 0) is 7.05 Å². The first-order chi connectivity index (χ1) is 7.10. The number of methoxy groups -OCH3 is 1. The molecular weight excluding hydrogens is 196 g/mol. The van der Waals surface area contributed by atoms with Crippen LogP contribution in [0.25, 0.3) is 0 Å². The molecular formula is C10H18N2O3. The summed E-state index contributed by atoms with van der Waals surface area (Å²) in [6.45, 7) is 2.67. The average molecular weight is 214 g/mol. The number of carbonyl (C=O) groups excluding carboxylic acids is 2. The number of likely N-dealkylation sites (N-methyl/N-ethyl adjacent to an activating group) is 1. The first kappa shape index (κ1) is 12.1. The average Bonchev–Trinajstić information content (AvgIpc) is 2.44. The van der Waals surface area contributed by atoms with Gasteiger partial charge < -0.3 is 10.1 Å². The van der Waals surface area contributed by atoms with Gasteiger partial charge in [-0.25, -0.2) is 0 Å². The monoisotopic (exact) mass is 214 g/mol. The van der Waals surface area contributed by atoms with Crippen molar-refractivity contribution >= 4 is 11.8 Å². The van der Waals surface area contributed by atoms with Gasteiger partial charge in [0.15, 0.2) is 0 Å². The van der Waals surface area contributed by atoms with E-state index in [2.05, 4.69) is 5.32 Å². The predicted octanol–water partition coefficient (Wildman–Crippen LogP) is -0.384. The molecule has 0 aromatic carbocycles. The predicted molar refractivity (Wildman–Crippen MR) is 55.2 cm³/mol. The highest BCUT2D eigenvalue weighted by molar-refractivity contribution is 6.03. The van der Waals surface area contributed by atoms with Gasteiger partial charge in [-0.2, -0.15) is 0 Å². The van der Waals surface area contributed by atoms with E-state index < -0.39 is 0 Å². The molecule has 2 amide bonds. The molecule has 0 saturated carbocycles. The van der Waals surface area contributed by atoms with Crippen LogP contribution in [0.3, 0.4) is 0 Å². The smallest absolute Gasteiger partial charge is 0.232 e. The molecule has 5 nitrogen and oxygen atoms in total. The summed E-state index contributed by atoms with van der Waals surface area (Å²) in [5.74, 6) is -0.322. The maximum atomic E-state index is 11.6. The van der Waals surface area contributed by atoms with Gasteiger partial charge in [0.25, 0.3) is 0 Å². The minimum Gasteiger partial charge on any atom is -0.383 e. The molecule has 1 N–H and O–H groups in total. The van der Waals surface area contributed by atoms with Crippen molar-refractivity contribution < 1.29 is 14.3 Å². The SMILES string of the molecule is CNC(COC)CN1C(=O)CC(C)C1=O. The molecule has 1 aliphatic rings. The van der Waals surface area contributed by atoms with E-state index in [1.54, 1.807) is 21.1 Å². The third-order valence-electron chi connectivity index (χ3n) is 2.65. The number of imide groups is 1. The fourth-order valence-corrected chi connectivity index (χ4v) is 1.69. The zero-order chi connectivity index (χ0) is 11.4. The summed E-state index contributed by atoms with van der Waals surface area (Å²) < 4.78 is 4.99. The fourth-order valence-electron chi connectivity index (χ4n) is 1.69. The number of rotatable bonds is 5. The summed E-state index contributed by atoms with van der Waals surface area (Å²) in [5, 5.41) is 3.01. The number of likely N-dealkylation sites (tertiary alicyclic amines) is 1. The molecule has 0 aliphatic carbocycles. The highest BCUT2D eigenvalue weighted by atomic mass is 16.5. The Morgan fingerprint density at radius 2 is 2.27 bits per heavy atom. The topological polar surface area (TPSA) is 58.6 Å². The molecule has 1 rings (SSSR count). The summed E-state index contributed by atoms with van der Waals surface area (Å²) in [5.41, 5.74) is 0. The Labute approximate surface area is 89.8 Å². The lowest BCUT2D eigenvalue weighted by Gasteiger charge is -2.21. The number of hydrogen-bond donors (Lipinski definition) is 1. The van der Waals surface area contributed by atoms with E-state index in [9.17, 15) is 9.59 Å². The second kappa shape index (κ2) is 5.23. The number of nitrogens with zero attached hydrogens (tertiary/aromatic N) is 1. The van der Waals surface area contributed by atoms with E-state index in [0.717, 1.165) is 0 Å². The number of amides is 2. The van der Waals surface area contributed by atoms with Gasteiger partial charge in [-0.3, -0.25) is 14.5 Å². The normalized spacial score (nSPS) is 23.7. The number of ether oxygens (including phenoxy) is 1. The van der Waals surface area contributed by atoms with Gasteiger partial charge in [0.05, 0.1) is 6.61 Å². The van der Waals surface area contributed by atoms with Crippen LogP contribution >= 0.6 is 0 Å². The van der Waals surface area contributed by atoms with Crippen LogP contribution in [0.15, 0.2) is 0 Å². The van der Waals surface area contributed by atoms with Gasteiger partial charge in [0, 0.05) is 32.0 Å². The van der Waals surface area contributed by atoms with Crippen molar-refractivity contribution in [1.82, 2.24) is 10.2 Å². The van der Waals surface area contributed by atoms with Crippen LogP contribution in [0.1, 0.15) is 13.3 Å². The molecule has 2 atom stereocenters. The van der Waals surface area contributed by atoms with Crippen molar-refractivity contribution in [2.75, 3.05) is 27.3 Å². The number of nitrogens with one attached hydrogen (secondary N) is 1. The minimum atomic E-state index is -0.169. The van der Waals surface area contributed by atoms with E-state index in [4.69, 9.17) is 4.74 Å². The molecule has 86 valence electrons. The molecule has 0 spiro atoms. The van der Waals surface area contributed by atoms with Crippen LogP contribution in [-0.2, 0) is 14.3 Å². The highest BCUT2D eigenvalue weighted by Crippen LogP contribution is 2.18. The zero-order valence-electron chi connectivity index (χ0n) is 9.45. The molecule has 0 aromatic rings. The van der Waals surface area contributed by atoms with E-state index in [1.807, 2.05) is 0 Å². The Balaban J connectivity index is 2.56. The summed E-state index contributed by atoms with van der Waals surface area (Å²) in [6.07, 6.45) is 0.336. The van der Waals surface area contributed by atoms with Crippen molar-refractivity contribution in [2.24, 2.45) is 5.92 Å². The van der Waals surface area contributed by atoms with Gasteiger partial charge in [-0.1, -0.05) is 6.92 Å². The molecule has 0 radical (unpaired) electrons. The third-order valence-corrected chi connectivity index (χ3v) is 2.65. The molecule has 1 aliphatic heterocycles. The van der Waals surface area contributed by atoms with E-state index in [1.165, 1.54) is 4.90 Å². The van der Waals surface area contributed by atoms with Crippen molar-refractivity contribution in [3.05, 3.63) is 0 Å². The van der Waals surface area contributed by atoms with E-state index in [-0.39, 0.29) is 23.8 Å². The molecule has 1 heterocycles. The lowest BCUT2D eigenvalue weighted by Crippen LogP contribution is -2.44. The number of carbonyl (C=O) groups is 2. The second-order valence-corrected chi connectivity index (χ2v) is 3.89. The molecule has 5 heteroatoms. The molecule has 0 aromatic heterocycles. The van der Waals surface area contributed by atoms with Crippen LogP contribution in [0.2, 0.25) is 0 Å². The Morgan fingerprint density at radius 1 is 1.60 bits per heavy atom. The van der Waals surface area contributed by atoms with Crippen molar-refractivity contribution in [3.8, 4) is 0 Å². The molecule has 1 fully saturated rings. The Morgan fingerprint density at radius 3 is 2.67 bits per heavy atom. The lowest BCUT2D eigenvalue weighted by atomic mass is 10.1. The quantitative estimate of drug-likeness (QED) is 0.634. The first-order valence-electron chi connectivity index (χ1n) is 5.10. The molecule has 2 unspecified atom stereocenters. The lowest BCUT2D eigenvalue weighted by molar-refractivity contribution is -0.139. The van der Waals surface area contributed by atoms with E-state index in [0.29, 0.717) is 19.6 Å². The van der Waals surface area contributed by atoms with Crippen molar-refractivity contribution in [3.63, 3.8) is 0 Å². The Kier molecular flexibility index (Phi) is 4.23. The highest BCUT2D eigenvalue weighted by Gasteiger charge is 2.36. The van der Waals surface area contributed by atoms with Crippen LogP contribution < -0.4 is 5.32 Å². The summed E-state index contributed by atoms with van der Waals surface area (Å²) in [7, 11) is 3.39. The maximum Gasteiger partial charge on any atom is 0.232 e. The minimum absolute atomic E-state index is 0.00759. The second-order valence-electron chi connectivity index (χ2n) is 3.89. The molecule has 1 saturated heterocycles. The summed E-state index contributed by atoms with van der Waals surface area (Å²) in [6, 6.07) is 0.00759. The summed E-state index contributed by atoms with van der Waals surface area (Å²) in [4.78, 5) is 24.4. The number of hydrogen-bond acceptors (Lipinski definition) is 4. The van der Waals surface area contributed by atoms with Gasteiger partial charge in [-0.15, -0.1) is 0 Å². The van der Waals surface area contributed by atoms with Crippen LogP contribution in [-0.4, -0.2) is 50.1 Å². The van der Waals surface area contributed by atoms with Crippen LogP contribution in [0.5, 0.6) is 0 Å². The van der Waals surface area contributed by atoms with Gasteiger partial charge >= 0.3 is 0 Å². The molecule has 0 bridgehead atoms. The molecule has 15 heavy (non-hydrogen) atoms. The van der Waals surface area contributed by atoms with Crippen LogP contribution in [0, 0.1) is 5.92 Å². The van der Waals surface area contributed by atoms with Gasteiger partial charge in [0.1, 0.15) is 0 Å². The Bertz CT molecular complexity index is 255. The van der Waals surface area contributed by atoms with E-state index >= 15 is 0 Å². The third kappa shape index (κ3) is 2.76. The van der Waals surface area contributed by atoms with Crippen LogP contribution in [0.4, 0.5) is 0 Å². The zero-order valence-corrected chi connectivity index (χ0v) is 9.45. The van der Waals surface area contributed by atoms with Crippen molar-refractivity contribution in [2.45, 2.75) is 19.4 Å². The largest absolute Gasteiger partial charge is 0.383 e. The van der Waals surface area contributed by atoms with Crippen molar-refractivity contribution in [1.29, 1.82) is 0 Å².